The molecule has 0 bridgehead atoms. The van der Waals surface area contributed by atoms with Gasteiger partial charge in [-0.2, -0.15) is 0 Å². The predicted octanol–water partition coefficient (Wildman–Crippen LogP) is 2.46. The van der Waals surface area contributed by atoms with E-state index in [-0.39, 0.29) is 0 Å². The molecule has 0 aliphatic rings. The van der Waals surface area contributed by atoms with Crippen molar-refractivity contribution >= 4 is 11.3 Å². The van der Waals surface area contributed by atoms with E-state index in [0.29, 0.717) is 6.61 Å². The number of aliphatic hydroxyl groups is 1. The summed E-state index contributed by atoms with van der Waals surface area (Å²) in [5, 5.41) is 15.1. The summed E-state index contributed by atoms with van der Waals surface area (Å²) in [4.78, 5) is 8.86. The molecule has 0 amide bonds. The first-order chi connectivity index (χ1) is 9.40. The Hall–Kier alpha value is -1.30. The molecular weight excluding hydrogens is 258 g/mol. The van der Waals surface area contributed by atoms with Crippen LogP contribution in [-0.2, 0) is 6.54 Å². The molecule has 0 aliphatic heterocycles. The summed E-state index contributed by atoms with van der Waals surface area (Å²) >= 11 is 1.63. The molecule has 0 aliphatic carbocycles. The predicted molar refractivity (Wildman–Crippen MR) is 78.0 cm³/mol. The third-order valence-corrected chi connectivity index (χ3v) is 3.67. The van der Waals surface area contributed by atoms with Crippen molar-refractivity contribution in [3.05, 3.63) is 35.5 Å². The van der Waals surface area contributed by atoms with Gasteiger partial charge in [0, 0.05) is 24.7 Å². The van der Waals surface area contributed by atoms with Crippen molar-refractivity contribution in [1.29, 1.82) is 0 Å². The number of thiazole rings is 1. The van der Waals surface area contributed by atoms with Crippen molar-refractivity contribution < 1.29 is 5.11 Å². The van der Waals surface area contributed by atoms with Crippen molar-refractivity contribution in [1.82, 2.24) is 15.3 Å². The molecule has 5 heteroatoms. The molecule has 2 N–H and O–H groups in total. The summed E-state index contributed by atoms with van der Waals surface area (Å²) in [5.74, 6) is 0. The van der Waals surface area contributed by atoms with Crippen LogP contribution in [0.4, 0.5) is 0 Å². The molecule has 4 nitrogen and oxygen atoms in total. The lowest BCUT2D eigenvalue weighted by molar-refractivity contribution is 0.283. The number of nitrogens with zero attached hydrogens (tertiary/aromatic N) is 2. The molecule has 2 heterocycles. The number of rotatable bonds is 8. The van der Waals surface area contributed by atoms with Crippen LogP contribution in [0.1, 0.15) is 25.0 Å². The zero-order valence-corrected chi connectivity index (χ0v) is 11.7. The van der Waals surface area contributed by atoms with Crippen LogP contribution in [0.3, 0.4) is 0 Å². The van der Waals surface area contributed by atoms with Crippen LogP contribution in [0.2, 0.25) is 0 Å². The maximum Gasteiger partial charge on any atom is 0.142 e. The summed E-state index contributed by atoms with van der Waals surface area (Å²) in [6.45, 7) is 2.05. The van der Waals surface area contributed by atoms with Gasteiger partial charge in [0.15, 0.2) is 0 Å². The number of aliphatic hydroxyl groups excluding tert-OH is 1. The SMILES string of the molecule is OCCCCCNCc1csc(-c2ccccn2)n1. The van der Waals surface area contributed by atoms with E-state index >= 15 is 0 Å². The van der Waals surface area contributed by atoms with Crippen molar-refractivity contribution in [2.24, 2.45) is 0 Å². The van der Waals surface area contributed by atoms with Crippen molar-refractivity contribution in [3.63, 3.8) is 0 Å². The topological polar surface area (TPSA) is 58.0 Å². The van der Waals surface area contributed by atoms with Gasteiger partial charge in [0.1, 0.15) is 5.01 Å². The smallest absolute Gasteiger partial charge is 0.142 e. The normalized spacial score (nSPS) is 10.8. The average molecular weight is 277 g/mol. The molecule has 19 heavy (non-hydrogen) atoms. The number of nitrogens with one attached hydrogen (secondary N) is 1. The highest BCUT2D eigenvalue weighted by atomic mass is 32.1. The second-order valence-electron chi connectivity index (χ2n) is 4.32. The first-order valence-electron chi connectivity index (χ1n) is 6.57. The molecule has 0 aromatic carbocycles. The number of pyridine rings is 1. The van der Waals surface area contributed by atoms with Gasteiger partial charge in [-0.15, -0.1) is 11.3 Å². The van der Waals surface area contributed by atoms with E-state index in [1.807, 2.05) is 18.2 Å². The van der Waals surface area contributed by atoms with Gasteiger partial charge in [-0.25, -0.2) is 4.98 Å². The van der Waals surface area contributed by atoms with Gasteiger partial charge in [-0.3, -0.25) is 4.98 Å². The second kappa shape index (κ2) is 7.99. The lowest BCUT2D eigenvalue weighted by Gasteiger charge is -2.01. The molecule has 0 fully saturated rings. The summed E-state index contributed by atoms with van der Waals surface area (Å²) in [6.07, 6.45) is 4.84. The molecular formula is C14H19N3OS. The average Bonchev–Trinajstić information content (AvgIpc) is 2.92. The Morgan fingerprint density at radius 2 is 2.16 bits per heavy atom. The Morgan fingerprint density at radius 1 is 1.21 bits per heavy atom. The number of unbranched alkanes of at least 4 members (excludes halogenated alkanes) is 2. The summed E-state index contributed by atoms with van der Waals surface area (Å²) in [7, 11) is 0. The zero-order valence-electron chi connectivity index (χ0n) is 10.9. The van der Waals surface area contributed by atoms with Crippen LogP contribution >= 0.6 is 11.3 Å². The largest absolute Gasteiger partial charge is 0.396 e. The highest BCUT2D eigenvalue weighted by Gasteiger charge is 2.04. The Kier molecular flexibility index (Phi) is 5.94. The highest BCUT2D eigenvalue weighted by molar-refractivity contribution is 7.13. The van der Waals surface area contributed by atoms with Crippen LogP contribution < -0.4 is 5.32 Å². The lowest BCUT2D eigenvalue weighted by Crippen LogP contribution is -2.14. The number of hydrogen-bond donors (Lipinski definition) is 2. The Balaban J connectivity index is 1.75. The van der Waals surface area contributed by atoms with E-state index in [1.165, 1.54) is 0 Å². The first-order valence-corrected chi connectivity index (χ1v) is 7.45. The van der Waals surface area contributed by atoms with Gasteiger partial charge in [0.2, 0.25) is 0 Å². The third kappa shape index (κ3) is 4.70. The van der Waals surface area contributed by atoms with Crippen molar-refractivity contribution in [2.75, 3.05) is 13.2 Å². The Labute approximate surface area is 117 Å². The molecule has 2 aromatic rings. The van der Waals surface area contributed by atoms with E-state index in [9.17, 15) is 0 Å². The Morgan fingerprint density at radius 3 is 2.95 bits per heavy atom. The molecule has 0 unspecified atom stereocenters. The van der Waals surface area contributed by atoms with Gasteiger partial charge >= 0.3 is 0 Å². The fourth-order valence-electron chi connectivity index (χ4n) is 1.75. The van der Waals surface area contributed by atoms with Crippen LogP contribution in [0.25, 0.3) is 10.7 Å². The minimum Gasteiger partial charge on any atom is -0.396 e. The molecule has 2 aromatic heterocycles. The van der Waals surface area contributed by atoms with E-state index < -0.39 is 0 Å². The Bertz CT molecular complexity index is 473. The molecule has 2 rings (SSSR count). The second-order valence-corrected chi connectivity index (χ2v) is 5.18. The zero-order chi connectivity index (χ0) is 13.3. The minimum atomic E-state index is 0.291. The highest BCUT2D eigenvalue weighted by Crippen LogP contribution is 2.21. The fraction of sp³-hybridized carbons (Fsp3) is 0.429. The van der Waals surface area contributed by atoms with Gasteiger partial charge in [0.25, 0.3) is 0 Å². The summed E-state index contributed by atoms with van der Waals surface area (Å²) in [5.41, 5.74) is 1.99. The maximum absolute atomic E-state index is 8.68. The van der Waals surface area contributed by atoms with E-state index in [1.54, 1.807) is 17.5 Å². The standard InChI is InChI=1S/C14H19N3OS/c18-9-5-1-3-7-15-10-12-11-19-14(17-12)13-6-2-4-8-16-13/h2,4,6,8,11,15,18H,1,3,5,7,9-10H2. The van der Waals surface area contributed by atoms with Crippen LogP contribution in [0.5, 0.6) is 0 Å². The molecule has 0 radical (unpaired) electrons. The van der Waals surface area contributed by atoms with Crippen LogP contribution in [-0.4, -0.2) is 28.2 Å². The molecule has 0 atom stereocenters. The number of hydrogen-bond acceptors (Lipinski definition) is 5. The maximum atomic E-state index is 8.68. The van der Waals surface area contributed by atoms with Crippen LogP contribution in [0.15, 0.2) is 29.8 Å². The molecule has 0 saturated heterocycles. The molecule has 102 valence electrons. The molecule has 0 spiro atoms. The minimum absolute atomic E-state index is 0.291. The van der Waals surface area contributed by atoms with Gasteiger partial charge in [0.05, 0.1) is 11.4 Å². The van der Waals surface area contributed by atoms with Crippen molar-refractivity contribution in [3.8, 4) is 10.7 Å². The number of aromatic nitrogens is 2. The van der Waals surface area contributed by atoms with Gasteiger partial charge < -0.3 is 10.4 Å². The summed E-state index contributed by atoms with van der Waals surface area (Å²) in [6, 6.07) is 5.86. The van der Waals surface area contributed by atoms with Crippen molar-refractivity contribution in [2.45, 2.75) is 25.8 Å². The van der Waals surface area contributed by atoms with Gasteiger partial charge in [-0.05, 0) is 37.9 Å². The first kappa shape index (κ1) is 14.1. The lowest BCUT2D eigenvalue weighted by atomic mass is 10.2. The quantitative estimate of drug-likeness (QED) is 0.728. The molecule has 0 saturated carbocycles. The third-order valence-electron chi connectivity index (χ3n) is 2.75. The summed E-state index contributed by atoms with van der Waals surface area (Å²) < 4.78 is 0. The van der Waals surface area contributed by atoms with Crippen LogP contribution in [0, 0.1) is 0 Å². The fourth-order valence-corrected chi connectivity index (χ4v) is 2.55. The van der Waals surface area contributed by atoms with E-state index in [0.717, 1.165) is 48.7 Å². The van der Waals surface area contributed by atoms with E-state index in [2.05, 4.69) is 20.7 Å². The van der Waals surface area contributed by atoms with E-state index in [4.69, 9.17) is 5.11 Å². The monoisotopic (exact) mass is 277 g/mol. The van der Waals surface area contributed by atoms with Gasteiger partial charge in [-0.1, -0.05) is 6.07 Å².